The third-order valence-corrected chi connectivity index (χ3v) is 3.50. The van der Waals surface area contributed by atoms with E-state index in [0.29, 0.717) is 23.6 Å². The molecule has 0 aliphatic heterocycles. The Hall–Kier alpha value is -3.06. The molecule has 1 amide bonds. The van der Waals surface area contributed by atoms with E-state index in [9.17, 15) is 10.1 Å². The van der Waals surface area contributed by atoms with E-state index in [2.05, 4.69) is 12.2 Å². The van der Waals surface area contributed by atoms with Gasteiger partial charge in [0.25, 0.3) is 5.91 Å². The van der Waals surface area contributed by atoms with E-state index in [1.165, 1.54) is 5.56 Å². The number of aryl methyl sites for hydroxylation is 1. The molecule has 24 heavy (non-hydrogen) atoms. The van der Waals surface area contributed by atoms with Gasteiger partial charge in [-0.2, -0.15) is 5.26 Å². The third-order valence-electron chi connectivity index (χ3n) is 3.50. The molecule has 0 saturated heterocycles. The van der Waals surface area contributed by atoms with E-state index >= 15 is 0 Å². The highest BCUT2D eigenvalue weighted by Gasteiger charge is 2.11. The highest BCUT2D eigenvalue weighted by molar-refractivity contribution is 6.09. The molecule has 0 fully saturated rings. The van der Waals surface area contributed by atoms with Crippen LogP contribution in [0.4, 0.5) is 5.69 Å². The smallest absolute Gasteiger partial charge is 0.266 e. The fraction of sp³-hybridized carbons (Fsp3) is 0.200. The van der Waals surface area contributed by atoms with Gasteiger partial charge in [0, 0.05) is 11.3 Å². The van der Waals surface area contributed by atoms with Gasteiger partial charge >= 0.3 is 0 Å². The molecule has 4 nitrogen and oxygen atoms in total. The maximum absolute atomic E-state index is 12.3. The zero-order chi connectivity index (χ0) is 17.4. The number of carbonyl (C=O) groups excluding carboxylic acids is 1. The summed E-state index contributed by atoms with van der Waals surface area (Å²) in [5, 5.41) is 12.1. The van der Waals surface area contributed by atoms with Gasteiger partial charge in [-0.25, -0.2) is 0 Å². The van der Waals surface area contributed by atoms with Crippen molar-refractivity contribution in [3.63, 3.8) is 0 Å². The average Bonchev–Trinajstić information content (AvgIpc) is 2.61. The molecule has 0 radical (unpaired) electrons. The maximum atomic E-state index is 12.3. The van der Waals surface area contributed by atoms with Crippen LogP contribution in [0, 0.1) is 11.3 Å². The lowest BCUT2D eigenvalue weighted by molar-refractivity contribution is -0.112. The normalized spacial score (nSPS) is 10.8. The van der Waals surface area contributed by atoms with Crippen LogP contribution in [0.5, 0.6) is 5.75 Å². The van der Waals surface area contributed by atoms with Gasteiger partial charge < -0.3 is 10.1 Å². The van der Waals surface area contributed by atoms with Gasteiger partial charge in [-0.15, -0.1) is 0 Å². The fourth-order valence-electron chi connectivity index (χ4n) is 2.21. The monoisotopic (exact) mass is 320 g/mol. The van der Waals surface area contributed by atoms with E-state index in [-0.39, 0.29) is 5.57 Å². The first kappa shape index (κ1) is 17.3. The molecule has 0 aliphatic rings. The second-order valence-corrected chi connectivity index (χ2v) is 5.15. The molecule has 0 aromatic heterocycles. The largest absolute Gasteiger partial charge is 0.493 e. The van der Waals surface area contributed by atoms with E-state index in [1.54, 1.807) is 6.08 Å². The number of nitriles is 1. The van der Waals surface area contributed by atoms with Crippen LogP contribution in [-0.4, -0.2) is 12.5 Å². The highest BCUT2D eigenvalue weighted by atomic mass is 16.5. The second-order valence-electron chi connectivity index (χ2n) is 5.15. The van der Waals surface area contributed by atoms with Gasteiger partial charge in [-0.05, 0) is 43.2 Å². The van der Waals surface area contributed by atoms with Crippen LogP contribution in [0.15, 0.2) is 54.1 Å². The summed E-state index contributed by atoms with van der Waals surface area (Å²) in [4.78, 5) is 12.3. The van der Waals surface area contributed by atoms with Crippen LogP contribution in [0.1, 0.15) is 25.0 Å². The standard InChI is InChI=1S/C20H20N2O2/c1-3-15-9-11-18(12-10-15)22-20(23)17(14-21)13-16-7-5-6-8-19(16)24-4-2/h5-13H,3-4H2,1-2H3,(H,22,23)/b17-13+. The maximum Gasteiger partial charge on any atom is 0.266 e. The number of para-hydroxylation sites is 1. The van der Waals surface area contributed by atoms with Crippen molar-refractivity contribution in [2.24, 2.45) is 0 Å². The summed E-state index contributed by atoms with van der Waals surface area (Å²) in [6.07, 6.45) is 2.48. The van der Waals surface area contributed by atoms with Crippen LogP contribution < -0.4 is 10.1 Å². The first-order chi connectivity index (χ1) is 11.7. The predicted molar refractivity (Wildman–Crippen MR) is 95.7 cm³/mol. The molecule has 0 aliphatic carbocycles. The number of anilines is 1. The molecule has 0 saturated carbocycles. The number of carbonyl (C=O) groups is 1. The number of amides is 1. The summed E-state index contributed by atoms with van der Waals surface area (Å²) in [7, 11) is 0. The molecule has 4 heteroatoms. The van der Waals surface area contributed by atoms with Gasteiger partial charge in [0.05, 0.1) is 6.61 Å². The number of benzene rings is 2. The lowest BCUT2D eigenvalue weighted by Crippen LogP contribution is -2.13. The summed E-state index contributed by atoms with van der Waals surface area (Å²) in [5.74, 6) is 0.209. The van der Waals surface area contributed by atoms with Crippen LogP contribution in [0.2, 0.25) is 0 Å². The molecule has 0 bridgehead atoms. The predicted octanol–water partition coefficient (Wildman–Crippen LogP) is 4.19. The van der Waals surface area contributed by atoms with Crippen molar-refractivity contribution in [1.29, 1.82) is 5.26 Å². The van der Waals surface area contributed by atoms with Crippen LogP contribution in [-0.2, 0) is 11.2 Å². The summed E-state index contributed by atoms with van der Waals surface area (Å²) >= 11 is 0. The average molecular weight is 320 g/mol. The summed E-state index contributed by atoms with van der Waals surface area (Å²) < 4.78 is 5.52. The van der Waals surface area contributed by atoms with Crippen LogP contribution in [0.25, 0.3) is 6.08 Å². The Kier molecular flexibility index (Phi) is 6.16. The Labute approximate surface area is 142 Å². The van der Waals surface area contributed by atoms with E-state index in [0.717, 1.165) is 6.42 Å². The molecule has 0 spiro atoms. The van der Waals surface area contributed by atoms with Crippen molar-refractivity contribution in [2.45, 2.75) is 20.3 Å². The van der Waals surface area contributed by atoms with Crippen LogP contribution in [0.3, 0.4) is 0 Å². The Morgan fingerprint density at radius 1 is 1.17 bits per heavy atom. The van der Waals surface area contributed by atoms with Gasteiger partial charge in [-0.1, -0.05) is 37.3 Å². The lowest BCUT2D eigenvalue weighted by Gasteiger charge is -2.08. The molecule has 0 heterocycles. The third kappa shape index (κ3) is 4.47. The zero-order valence-corrected chi connectivity index (χ0v) is 13.9. The molecule has 2 rings (SSSR count). The quantitative estimate of drug-likeness (QED) is 0.641. The SMILES string of the molecule is CCOc1ccccc1/C=C(\C#N)C(=O)Nc1ccc(CC)cc1. The Morgan fingerprint density at radius 3 is 2.50 bits per heavy atom. The lowest BCUT2D eigenvalue weighted by atomic mass is 10.1. The number of nitrogens with one attached hydrogen (secondary N) is 1. The van der Waals surface area contributed by atoms with Crippen molar-refractivity contribution in [3.05, 3.63) is 65.2 Å². The molecular weight excluding hydrogens is 300 g/mol. The second kappa shape index (κ2) is 8.54. The first-order valence-corrected chi connectivity index (χ1v) is 7.91. The molecule has 2 aromatic rings. The number of hydrogen-bond acceptors (Lipinski definition) is 3. The van der Waals surface area contributed by atoms with Crippen LogP contribution >= 0.6 is 0 Å². The number of nitrogens with zero attached hydrogens (tertiary/aromatic N) is 1. The fourth-order valence-corrected chi connectivity index (χ4v) is 2.21. The van der Waals surface area contributed by atoms with E-state index < -0.39 is 5.91 Å². The molecule has 1 N–H and O–H groups in total. The first-order valence-electron chi connectivity index (χ1n) is 7.91. The van der Waals surface area contributed by atoms with Gasteiger partial charge in [0.2, 0.25) is 0 Å². The van der Waals surface area contributed by atoms with Gasteiger partial charge in [0.15, 0.2) is 0 Å². The highest BCUT2D eigenvalue weighted by Crippen LogP contribution is 2.21. The van der Waals surface area contributed by atoms with Crippen molar-refractivity contribution >= 4 is 17.7 Å². The Morgan fingerprint density at radius 2 is 1.88 bits per heavy atom. The Balaban J connectivity index is 2.21. The molecular formula is C20H20N2O2. The van der Waals surface area contributed by atoms with Crippen molar-refractivity contribution < 1.29 is 9.53 Å². The van der Waals surface area contributed by atoms with Gasteiger partial charge in [0.1, 0.15) is 17.4 Å². The minimum Gasteiger partial charge on any atom is -0.493 e. The number of hydrogen-bond donors (Lipinski definition) is 1. The molecule has 2 aromatic carbocycles. The van der Waals surface area contributed by atoms with Crippen molar-refractivity contribution in [1.82, 2.24) is 0 Å². The summed E-state index contributed by atoms with van der Waals surface area (Å²) in [6.45, 7) is 4.47. The zero-order valence-electron chi connectivity index (χ0n) is 13.9. The molecule has 0 unspecified atom stereocenters. The van der Waals surface area contributed by atoms with Crippen molar-refractivity contribution in [2.75, 3.05) is 11.9 Å². The number of ether oxygens (including phenoxy) is 1. The summed E-state index contributed by atoms with van der Waals surface area (Å²) in [6, 6.07) is 16.8. The minimum absolute atomic E-state index is 0.0294. The topological polar surface area (TPSA) is 62.1 Å². The summed E-state index contributed by atoms with van der Waals surface area (Å²) in [5.41, 5.74) is 2.58. The molecule has 122 valence electrons. The Bertz CT molecular complexity index is 771. The molecule has 0 atom stereocenters. The minimum atomic E-state index is -0.437. The van der Waals surface area contributed by atoms with Crippen molar-refractivity contribution in [3.8, 4) is 11.8 Å². The van der Waals surface area contributed by atoms with E-state index in [1.807, 2.05) is 61.5 Å². The van der Waals surface area contributed by atoms with Gasteiger partial charge in [-0.3, -0.25) is 4.79 Å². The van der Waals surface area contributed by atoms with E-state index in [4.69, 9.17) is 4.74 Å². The number of rotatable bonds is 6.